The number of hydrogen-bond donors (Lipinski definition) is 0. The van der Waals surface area contributed by atoms with Gasteiger partial charge in [0, 0.05) is 4.91 Å². The molecule has 0 aromatic carbocycles. The van der Waals surface area contributed by atoms with E-state index in [1.165, 1.54) is 0 Å². The third-order valence-electron chi connectivity index (χ3n) is 0.557. The van der Waals surface area contributed by atoms with Gasteiger partial charge in [-0.15, -0.1) is 4.40 Å². The summed E-state index contributed by atoms with van der Waals surface area (Å²) in [6, 6.07) is -0.519. The van der Waals surface area contributed by atoms with Crippen LogP contribution in [-0.2, 0) is 14.8 Å². The molecule has 11 heavy (non-hydrogen) atoms. The molecule has 0 spiro atoms. The Morgan fingerprint density at radius 2 is 2.18 bits per heavy atom. The van der Waals surface area contributed by atoms with Crippen LogP contribution in [-0.4, -0.2) is 27.8 Å². The topological polar surface area (TPSA) is 104 Å². The average Bonchev–Trinajstić information content (AvgIpc) is 1.84. The quantitative estimate of drug-likeness (QED) is 0.189. The lowest BCUT2D eigenvalue weighted by molar-refractivity contribution is 0.397. The van der Waals surface area contributed by atoms with Gasteiger partial charge in [0.2, 0.25) is 0 Å². The first-order valence-electron chi connectivity index (χ1n) is 2.38. The van der Waals surface area contributed by atoms with Crippen molar-refractivity contribution in [3.63, 3.8) is 0 Å². The molecule has 0 saturated carbocycles. The Morgan fingerprint density at radius 1 is 1.64 bits per heavy atom. The van der Waals surface area contributed by atoms with Crippen LogP contribution in [0.25, 0.3) is 10.4 Å². The van der Waals surface area contributed by atoms with Crippen molar-refractivity contribution in [3.05, 3.63) is 10.4 Å². The molecule has 8 heteroatoms. The summed E-state index contributed by atoms with van der Waals surface area (Å²) >= 11 is 0. The first-order valence-corrected chi connectivity index (χ1v) is 4.23. The maximum absolute atomic E-state index is 10.4. The zero-order valence-electron chi connectivity index (χ0n) is 5.92. The third kappa shape index (κ3) is 5.19. The van der Waals surface area contributed by atoms with Crippen molar-refractivity contribution in [2.45, 2.75) is 0 Å². The predicted molar refractivity (Wildman–Crippen MR) is 38.4 cm³/mol. The molecule has 7 nitrogen and oxygen atoms in total. The molecule has 0 unspecified atom stereocenters. The molecule has 0 bridgehead atoms. The summed E-state index contributed by atoms with van der Waals surface area (Å²) in [6.45, 7) is 0. The minimum atomic E-state index is -3.56. The van der Waals surface area contributed by atoms with Gasteiger partial charge in [-0.1, -0.05) is 0 Å². The minimum absolute atomic E-state index is 0.519. The minimum Gasteiger partial charge on any atom is -0.479 e. The van der Waals surface area contributed by atoms with Gasteiger partial charge in [0.1, 0.15) is 0 Å². The van der Waals surface area contributed by atoms with Crippen LogP contribution in [0.3, 0.4) is 0 Å². The maximum Gasteiger partial charge on any atom is 0.289 e. The zero-order valence-corrected chi connectivity index (χ0v) is 6.74. The van der Waals surface area contributed by atoms with Gasteiger partial charge in [-0.25, -0.2) is 8.42 Å². The summed E-state index contributed by atoms with van der Waals surface area (Å²) in [5.41, 5.74) is 7.87. The van der Waals surface area contributed by atoms with Crippen molar-refractivity contribution in [2.75, 3.05) is 13.4 Å². The van der Waals surface area contributed by atoms with Crippen LogP contribution >= 0.6 is 0 Å². The average molecular weight is 178 g/mol. The van der Waals surface area contributed by atoms with Crippen molar-refractivity contribution in [3.8, 4) is 0 Å². The number of sulfonamides is 1. The second-order valence-corrected chi connectivity index (χ2v) is 3.15. The molecule has 0 rings (SSSR count). The SMILES string of the molecule is CO/C(N=[N+]=[N-])=N\S(C)(=O)=O. The number of ether oxygens (including phenoxy) is 1. The van der Waals surface area contributed by atoms with Crippen LogP contribution in [0.2, 0.25) is 0 Å². The van der Waals surface area contributed by atoms with Gasteiger partial charge in [-0.05, 0) is 10.6 Å². The first-order chi connectivity index (χ1) is 4.99. The first kappa shape index (κ1) is 9.73. The molecular formula is C3H6N4O3S. The van der Waals surface area contributed by atoms with Gasteiger partial charge in [0.05, 0.1) is 13.4 Å². The Morgan fingerprint density at radius 3 is 2.45 bits per heavy atom. The van der Waals surface area contributed by atoms with Crippen LogP contribution in [0.15, 0.2) is 9.51 Å². The van der Waals surface area contributed by atoms with E-state index in [2.05, 4.69) is 19.2 Å². The standard InChI is InChI=1S/C3H6N4O3S/c1-10-3(5-7-4)6-11(2,8)9/h1-2H3/b6-3-. The highest BCUT2D eigenvalue weighted by Gasteiger charge is 2.00. The summed E-state index contributed by atoms with van der Waals surface area (Å²) in [4.78, 5) is 2.30. The van der Waals surface area contributed by atoms with Crippen LogP contribution in [0, 0.1) is 0 Å². The lowest BCUT2D eigenvalue weighted by Crippen LogP contribution is -2.01. The summed E-state index contributed by atoms with van der Waals surface area (Å²) in [6.07, 6.45) is 0.860. The van der Waals surface area contributed by atoms with Crippen molar-refractivity contribution >= 4 is 16.0 Å². The van der Waals surface area contributed by atoms with E-state index in [-0.39, 0.29) is 0 Å². The molecule has 0 atom stereocenters. The summed E-state index contributed by atoms with van der Waals surface area (Å²) in [5, 5.41) is 2.86. The lowest BCUT2D eigenvalue weighted by atomic mass is 11.2. The van der Waals surface area contributed by atoms with Gasteiger partial charge in [-0.2, -0.15) is 0 Å². The van der Waals surface area contributed by atoms with Gasteiger partial charge < -0.3 is 4.74 Å². The molecule has 0 saturated heterocycles. The van der Waals surface area contributed by atoms with Crippen LogP contribution in [0.4, 0.5) is 0 Å². The highest BCUT2D eigenvalue weighted by Crippen LogP contribution is 1.90. The van der Waals surface area contributed by atoms with E-state index in [1.807, 2.05) is 0 Å². The number of hydrogen-bond acceptors (Lipinski definition) is 3. The summed E-state index contributed by atoms with van der Waals surface area (Å²) < 4.78 is 28.1. The van der Waals surface area contributed by atoms with Crippen LogP contribution in [0.1, 0.15) is 0 Å². The molecule has 0 heterocycles. The molecule has 0 aromatic heterocycles. The molecule has 0 aromatic rings. The Bertz CT molecular complexity index is 299. The smallest absolute Gasteiger partial charge is 0.289 e. The molecular weight excluding hydrogens is 172 g/mol. The normalized spacial score (nSPS) is 12.0. The highest BCUT2D eigenvalue weighted by atomic mass is 32.2. The number of rotatable bonds is 1. The van der Waals surface area contributed by atoms with E-state index in [4.69, 9.17) is 5.53 Å². The second kappa shape index (κ2) is 3.79. The Hall–Kier alpha value is -1.27. The fourth-order valence-electron chi connectivity index (χ4n) is 0.276. The molecule has 62 valence electrons. The predicted octanol–water partition coefficient (Wildman–Crippen LogP) is 0.259. The molecule has 0 aliphatic heterocycles. The Kier molecular flexibility index (Phi) is 3.35. The Labute approximate surface area is 63.4 Å². The van der Waals surface area contributed by atoms with Gasteiger partial charge in [0.15, 0.2) is 0 Å². The van der Waals surface area contributed by atoms with E-state index in [9.17, 15) is 8.42 Å². The number of methoxy groups -OCH3 is 1. The van der Waals surface area contributed by atoms with E-state index in [0.29, 0.717) is 0 Å². The van der Waals surface area contributed by atoms with Crippen molar-refractivity contribution in [1.29, 1.82) is 0 Å². The number of amidine groups is 1. The zero-order chi connectivity index (χ0) is 8.91. The van der Waals surface area contributed by atoms with Gasteiger partial charge in [-0.3, -0.25) is 0 Å². The van der Waals surface area contributed by atoms with E-state index < -0.39 is 16.0 Å². The molecule has 0 amide bonds. The van der Waals surface area contributed by atoms with Gasteiger partial charge >= 0.3 is 0 Å². The largest absolute Gasteiger partial charge is 0.479 e. The monoisotopic (exact) mass is 178 g/mol. The molecule has 0 N–H and O–H groups in total. The van der Waals surface area contributed by atoms with Crippen LogP contribution in [0.5, 0.6) is 0 Å². The lowest BCUT2D eigenvalue weighted by Gasteiger charge is -1.93. The summed E-state index contributed by atoms with van der Waals surface area (Å²) in [7, 11) is -2.41. The number of nitrogens with zero attached hydrogens (tertiary/aromatic N) is 4. The molecule has 0 radical (unpaired) electrons. The highest BCUT2D eigenvalue weighted by molar-refractivity contribution is 7.89. The maximum atomic E-state index is 10.4. The number of azide groups is 1. The van der Waals surface area contributed by atoms with Crippen molar-refractivity contribution in [2.24, 2.45) is 9.51 Å². The fourth-order valence-corrected chi connectivity index (χ4v) is 0.671. The third-order valence-corrected chi connectivity index (χ3v) is 1.04. The molecule has 0 aliphatic carbocycles. The van der Waals surface area contributed by atoms with E-state index in [1.54, 1.807) is 0 Å². The van der Waals surface area contributed by atoms with Crippen molar-refractivity contribution in [1.82, 2.24) is 0 Å². The van der Waals surface area contributed by atoms with Crippen molar-refractivity contribution < 1.29 is 13.2 Å². The van der Waals surface area contributed by atoms with E-state index in [0.717, 1.165) is 13.4 Å². The second-order valence-electron chi connectivity index (χ2n) is 1.50. The Balaban J connectivity index is 4.77. The fraction of sp³-hybridized carbons (Fsp3) is 0.667. The van der Waals surface area contributed by atoms with Crippen LogP contribution < -0.4 is 0 Å². The van der Waals surface area contributed by atoms with Gasteiger partial charge in [0.25, 0.3) is 16.0 Å². The molecule has 0 fully saturated rings. The van der Waals surface area contributed by atoms with E-state index >= 15 is 0 Å². The molecule has 0 aliphatic rings. The summed E-state index contributed by atoms with van der Waals surface area (Å²) in [5.74, 6) is 0.